The maximum absolute atomic E-state index is 10.9. The molecule has 4 nitrogen and oxygen atoms in total. The van der Waals surface area contributed by atoms with E-state index in [9.17, 15) is 13.6 Å². The summed E-state index contributed by atoms with van der Waals surface area (Å²) in [5.74, 6) is -0.484. The van der Waals surface area contributed by atoms with Crippen LogP contribution in [0.4, 0.5) is 0 Å². The van der Waals surface area contributed by atoms with Gasteiger partial charge in [-0.05, 0) is 12.0 Å². The summed E-state index contributed by atoms with van der Waals surface area (Å²) in [6.07, 6.45) is 0.724. The highest BCUT2D eigenvalue weighted by Crippen LogP contribution is 2.01. The molecule has 0 radical (unpaired) electrons. The summed E-state index contributed by atoms with van der Waals surface area (Å²) in [6, 6.07) is 9.41. The van der Waals surface area contributed by atoms with Gasteiger partial charge < -0.3 is 4.55 Å². The second kappa shape index (κ2) is 5.51. The lowest BCUT2D eigenvalue weighted by Gasteiger charge is -2.06. The van der Waals surface area contributed by atoms with Crippen LogP contribution in [0.1, 0.15) is 12.0 Å². The summed E-state index contributed by atoms with van der Waals surface area (Å²) in [5, 5.41) is 0. The zero-order valence-corrected chi connectivity index (χ0v) is 8.25. The van der Waals surface area contributed by atoms with E-state index in [-0.39, 0.29) is 6.42 Å². The van der Waals surface area contributed by atoms with Crippen molar-refractivity contribution < 1.29 is 13.6 Å². The van der Waals surface area contributed by atoms with Gasteiger partial charge in [0.25, 0.3) is 0 Å². The van der Waals surface area contributed by atoms with Crippen molar-refractivity contribution in [2.75, 3.05) is 0 Å². The third-order valence-corrected chi connectivity index (χ3v) is 2.08. The van der Waals surface area contributed by atoms with Gasteiger partial charge in [-0.25, -0.2) is 0 Å². The van der Waals surface area contributed by atoms with Gasteiger partial charge in [0.2, 0.25) is 5.91 Å². The fourth-order valence-electron chi connectivity index (χ4n) is 1.05. The Morgan fingerprint density at radius 2 is 2.00 bits per heavy atom. The van der Waals surface area contributed by atoms with Gasteiger partial charge in [0.05, 0.1) is 0 Å². The molecule has 1 amide bonds. The predicted octanol–water partition coefficient (Wildman–Crippen LogP) is 0.530. The molecule has 1 aromatic rings. The van der Waals surface area contributed by atoms with Crippen molar-refractivity contribution in [1.82, 2.24) is 4.72 Å². The standard InChI is InChI=1S/C9H11NO3S/c11-9(10-14(12)13)7-6-8-4-2-1-3-5-8/h1-5H,6-7H2,(H,10,11)(H,12,13)/p-1. The second-order valence-corrected chi connectivity index (χ2v) is 3.42. The van der Waals surface area contributed by atoms with Crippen molar-refractivity contribution >= 4 is 17.2 Å². The molecule has 0 spiro atoms. The Labute approximate surface area is 84.8 Å². The minimum Gasteiger partial charge on any atom is -0.755 e. The van der Waals surface area contributed by atoms with E-state index in [4.69, 9.17) is 0 Å². The van der Waals surface area contributed by atoms with E-state index in [1.165, 1.54) is 0 Å². The number of aryl methyl sites for hydroxylation is 1. The smallest absolute Gasteiger partial charge is 0.231 e. The fraction of sp³-hybridized carbons (Fsp3) is 0.222. The molecule has 0 aliphatic heterocycles. The van der Waals surface area contributed by atoms with Crippen molar-refractivity contribution in [1.29, 1.82) is 0 Å². The Balaban J connectivity index is 2.34. The summed E-state index contributed by atoms with van der Waals surface area (Å²) in [6.45, 7) is 0. The Bertz CT molecular complexity index is 326. The number of amides is 1. The second-order valence-electron chi connectivity index (χ2n) is 2.75. The average molecular weight is 212 g/mol. The first-order valence-electron chi connectivity index (χ1n) is 4.11. The summed E-state index contributed by atoms with van der Waals surface area (Å²) in [5.41, 5.74) is 1.01. The number of carbonyl (C=O) groups excluding carboxylic acids is 1. The molecule has 5 heteroatoms. The third kappa shape index (κ3) is 4.15. The van der Waals surface area contributed by atoms with Crippen molar-refractivity contribution in [3.8, 4) is 0 Å². The number of rotatable bonds is 4. The molecule has 1 unspecified atom stereocenters. The highest BCUT2D eigenvalue weighted by Gasteiger charge is 2.00. The maximum atomic E-state index is 10.9. The molecule has 0 aliphatic rings. The Morgan fingerprint density at radius 1 is 1.36 bits per heavy atom. The van der Waals surface area contributed by atoms with Crippen LogP contribution in [-0.2, 0) is 22.5 Å². The van der Waals surface area contributed by atoms with E-state index >= 15 is 0 Å². The Hall–Kier alpha value is -1.20. The molecular weight excluding hydrogens is 202 g/mol. The van der Waals surface area contributed by atoms with Gasteiger partial charge in [0.15, 0.2) is 0 Å². The van der Waals surface area contributed by atoms with Crippen molar-refractivity contribution in [3.05, 3.63) is 35.9 Å². The number of benzene rings is 1. The highest BCUT2D eigenvalue weighted by molar-refractivity contribution is 7.77. The van der Waals surface area contributed by atoms with Crippen LogP contribution < -0.4 is 4.72 Å². The van der Waals surface area contributed by atoms with E-state index in [2.05, 4.69) is 0 Å². The minimum absolute atomic E-state index is 0.179. The lowest BCUT2D eigenvalue weighted by atomic mass is 10.1. The van der Waals surface area contributed by atoms with Crippen LogP contribution >= 0.6 is 0 Å². The highest BCUT2D eigenvalue weighted by atomic mass is 32.2. The van der Waals surface area contributed by atoms with Gasteiger partial charge in [-0.3, -0.25) is 13.7 Å². The molecule has 76 valence electrons. The van der Waals surface area contributed by atoms with Crippen molar-refractivity contribution in [3.63, 3.8) is 0 Å². The largest absolute Gasteiger partial charge is 0.755 e. The van der Waals surface area contributed by atoms with Gasteiger partial charge in [0, 0.05) is 17.7 Å². The molecule has 1 aromatic carbocycles. The van der Waals surface area contributed by atoms with Gasteiger partial charge in [0.1, 0.15) is 0 Å². The van der Waals surface area contributed by atoms with E-state index in [0.717, 1.165) is 5.56 Å². The number of hydrogen-bond acceptors (Lipinski definition) is 3. The predicted molar refractivity (Wildman–Crippen MR) is 51.8 cm³/mol. The molecule has 1 rings (SSSR count). The zero-order chi connectivity index (χ0) is 10.4. The lowest BCUT2D eigenvalue weighted by molar-refractivity contribution is -0.119. The minimum atomic E-state index is -2.50. The molecule has 0 fully saturated rings. The van der Waals surface area contributed by atoms with Crippen LogP contribution in [0.15, 0.2) is 30.3 Å². The van der Waals surface area contributed by atoms with Crippen LogP contribution in [0.5, 0.6) is 0 Å². The van der Waals surface area contributed by atoms with Crippen LogP contribution in [0.25, 0.3) is 0 Å². The van der Waals surface area contributed by atoms with E-state index in [0.29, 0.717) is 6.42 Å². The first-order valence-corrected chi connectivity index (χ1v) is 5.18. The number of carbonyl (C=O) groups is 1. The molecule has 1 N–H and O–H groups in total. The fourth-order valence-corrected chi connectivity index (χ4v) is 1.33. The normalized spacial score (nSPS) is 12.1. The molecule has 0 aromatic heterocycles. The topological polar surface area (TPSA) is 69.2 Å². The van der Waals surface area contributed by atoms with Crippen LogP contribution in [0.3, 0.4) is 0 Å². The molecule has 1 atom stereocenters. The Morgan fingerprint density at radius 3 is 2.57 bits per heavy atom. The molecule has 0 bridgehead atoms. The average Bonchev–Trinajstić information content (AvgIpc) is 2.15. The van der Waals surface area contributed by atoms with Crippen LogP contribution in [0, 0.1) is 0 Å². The first kappa shape index (κ1) is 10.9. The SMILES string of the molecule is O=C(CCc1ccccc1)NS(=O)[O-]. The summed E-state index contributed by atoms with van der Waals surface area (Å²) in [4.78, 5) is 10.9. The van der Waals surface area contributed by atoms with Gasteiger partial charge >= 0.3 is 0 Å². The summed E-state index contributed by atoms with van der Waals surface area (Å²) in [7, 11) is 0. The molecular formula is C9H10NO3S-. The Kier molecular flexibility index (Phi) is 4.28. The van der Waals surface area contributed by atoms with E-state index < -0.39 is 17.2 Å². The summed E-state index contributed by atoms with van der Waals surface area (Å²) < 4.78 is 22.0. The number of nitrogens with one attached hydrogen (secondary N) is 1. The van der Waals surface area contributed by atoms with Gasteiger partial charge in [-0.1, -0.05) is 30.3 Å². The molecule has 14 heavy (non-hydrogen) atoms. The number of hydrogen-bond donors (Lipinski definition) is 1. The molecule has 0 saturated heterocycles. The molecule has 0 heterocycles. The monoisotopic (exact) mass is 212 g/mol. The quantitative estimate of drug-likeness (QED) is 0.740. The first-order chi connectivity index (χ1) is 6.68. The molecule has 0 aliphatic carbocycles. The molecule has 0 saturated carbocycles. The third-order valence-electron chi connectivity index (χ3n) is 1.68. The van der Waals surface area contributed by atoms with Gasteiger partial charge in [-0.2, -0.15) is 0 Å². The van der Waals surface area contributed by atoms with Crippen LogP contribution in [0.2, 0.25) is 0 Å². The lowest BCUT2D eigenvalue weighted by Crippen LogP contribution is -2.25. The van der Waals surface area contributed by atoms with Crippen LogP contribution in [-0.4, -0.2) is 14.7 Å². The van der Waals surface area contributed by atoms with Gasteiger partial charge in [-0.15, -0.1) is 0 Å². The summed E-state index contributed by atoms with van der Waals surface area (Å²) >= 11 is -2.50. The maximum Gasteiger partial charge on any atom is 0.231 e. The zero-order valence-electron chi connectivity index (χ0n) is 7.43. The van der Waals surface area contributed by atoms with Crippen molar-refractivity contribution in [2.24, 2.45) is 0 Å². The van der Waals surface area contributed by atoms with E-state index in [1.54, 1.807) is 4.72 Å². The van der Waals surface area contributed by atoms with E-state index in [1.807, 2.05) is 30.3 Å². The van der Waals surface area contributed by atoms with Crippen molar-refractivity contribution in [2.45, 2.75) is 12.8 Å².